The van der Waals surface area contributed by atoms with E-state index in [0.29, 0.717) is 4.88 Å². The van der Waals surface area contributed by atoms with Gasteiger partial charge in [-0.1, -0.05) is 72.3 Å². The maximum Gasteiger partial charge on any atom is 0.414 e. The van der Waals surface area contributed by atoms with Gasteiger partial charge in [-0.15, -0.1) is 11.3 Å². The number of carbonyl (C=O) groups excluding carboxylic acids is 2. The first-order valence-corrected chi connectivity index (χ1v) is 10.9. The van der Waals surface area contributed by atoms with Gasteiger partial charge in [-0.3, -0.25) is 10.1 Å². The van der Waals surface area contributed by atoms with Crippen molar-refractivity contribution in [2.45, 2.75) is 13.5 Å². The fraction of sp³-hybridized carbons (Fsp3) is 0.0769. The Kier molecular flexibility index (Phi) is 6.33. The van der Waals surface area contributed by atoms with Crippen LogP contribution in [0, 0.1) is 6.92 Å². The van der Waals surface area contributed by atoms with Crippen molar-refractivity contribution in [3.05, 3.63) is 100 Å². The Balaban J connectivity index is 1.37. The van der Waals surface area contributed by atoms with Crippen LogP contribution in [0.15, 0.2) is 84.2 Å². The van der Waals surface area contributed by atoms with Crippen LogP contribution in [0.25, 0.3) is 22.3 Å². The van der Waals surface area contributed by atoms with Crippen LogP contribution in [0.4, 0.5) is 4.79 Å². The van der Waals surface area contributed by atoms with E-state index in [1.54, 1.807) is 18.2 Å². The quantitative estimate of drug-likeness (QED) is 0.387. The predicted octanol–water partition coefficient (Wildman–Crippen LogP) is 6.16. The van der Waals surface area contributed by atoms with Gasteiger partial charge in [-0.25, -0.2) is 4.79 Å². The molecule has 0 unspecified atom stereocenters. The van der Waals surface area contributed by atoms with E-state index in [2.05, 4.69) is 5.32 Å². The summed E-state index contributed by atoms with van der Waals surface area (Å²) in [5.41, 5.74) is 5.43. The van der Waals surface area contributed by atoms with Crippen LogP contribution in [-0.2, 0) is 11.3 Å². The Morgan fingerprint density at radius 1 is 0.906 bits per heavy atom. The highest BCUT2D eigenvalue weighted by Crippen LogP contribution is 2.31. The van der Waals surface area contributed by atoms with Crippen LogP contribution in [0.3, 0.4) is 0 Å². The lowest BCUT2D eigenvalue weighted by atomic mass is 10.0. The van der Waals surface area contributed by atoms with Crippen LogP contribution >= 0.6 is 11.3 Å². The summed E-state index contributed by atoms with van der Waals surface area (Å²) < 4.78 is 5.13. The van der Waals surface area contributed by atoms with Gasteiger partial charge in [-0.05, 0) is 46.7 Å². The summed E-state index contributed by atoms with van der Waals surface area (Å²) in [6, 6.07) is 24.2. The minimum atomic E-state index is -0.780. The Hall–Kier alpha value is -3.90. The average molecular weight is 444 g/mol. The van der Waals surface area contributed by atoms with Gasteiger partial charge < -0.3 is 9.84 Å². The standard InChI is InChI=1S/C26H21NO4S/c1-17-6-8-18(9-7-17)15-31-26(30)27-25(29)24-14-21(16-32-24)19-10-12-20(13-11-19)22-4-2-3-5-23(22)28/h2-14,16,28H,15H2,1H3,(H,27,29,30). The second kappa shape index (κ2) is 9.49. The third kappa shape index (κ3) is 5.04. The first-order chi connectivity index (χ1) is 15.5. The van der Waals surface area contributed by atoms with E-state index >= 15 is 0 Å². The summed E-state index contributed by atoms with van der Waals surface area (Å²) in [7, 11) is 0. The molecule has 4 aromatic rings. The number of hydrogen-bond acceptors (Lipinski definition) is 5. The number of rotatable bonds is 5. The van der Waals surface area contributed by atoms with Crippen molar-refractivity contribution >= 4 is 23.3 Å². The minimum absolute atomic E-state index is 0.0956. The zero-order chi connectivity index (χ0) is 22.5. The Bertz CT molecular complexity index is 1240. The second-order valence-corrected chi connectivity index (χ2v) is 8.22. The normalized spacial score (nSPS) is 10.5. The van der Waals surface area contributed by atoms with Gasteiger partial charge in [0.1, 0.15) is 12.4 Å². The Morgan fingerprint density at radius 2 is 1.59 bits per heavy atom. The molecule has 1 heterocycles. The van der Waals surface area contributed by atoms with Crippen LogP contribution in [-0.4, -0.2) is 17.1 Å². The molecule has 2 N–H and O–H groups in total. The number of phenolic OH excluding ortho intramolecular Hbond substituents is 1. The molecule has 0 saturated carbocycles. The fourth-order valence-electron chi connectivity index (χ4n) is 3.19. The molecular formula is C26H21NO4S. The highest BCUT2D eigenvalue weighted by molar-refractivity contribution is 7.12. The molecule has 160 valence electrons. The molecule has 0 aliphatic carbocycles. The lowest BCUT2D eigenvalue weighted by Crippen LogP contribution is -2.30. The zero-order valence-electron chi connectivity index (χ0n) is 17.4. The lowest BCUT2D eigenvalue weighted by Gasteiger charge is -2.06. The van der Waals surface area contributed by atoms with Crippen LogP contribution < -0.4 is 5.32 Å². The monoisotopic (exact) mass is 443 g/mol. The molecule has 0 saturated heterocycles. The van der Waals surface area contributed by atoms with Crippen molar-refractivity contribution in [2.75, 3.05) is 0 Å². The molecule has 0 bridgehead atoms. The number of amides is 2. The molecule has 0 aliphatic heterocycles. The number of nitrogens with one attached hydrogen (secondary N) is 1. The minimum Gasteiger partial charge on any atom is -0.507 e. The number of hydrogen-bond donors (Lipinski definition) is 2. The fourth-order valence-corrected chi connectivity index (χ4v) is 4.00. The van der Waals surface area contributed by atoms with Gasteiger partial charge in [0, 0.05) is 5.56 Å². The first kappa shape index (κ1) is 21.3. The molecule has 0 fully saturated rings. The summed E-state index contributed by atoms with van der Waals surface area (Å²) >= 11 is 1.25. The van der Waals surface area contributed by atoms with Gasteiger partial charge >= 0.3 is 6.09 Å². The summed E-state index contributed by atoms with van der Waals surface area (Å²) in [4.78, 5) is 24.8. The molecule has 0 radical (unpaired) electrons. The molecule has 32 heavy (non-hydrogen) atoms. The third-order valence-corrected chi connectivity index (χ3v) is 5.89. The Morgan fingerprint density at radius 3 is 2.31 bits per heavy atom. The van der Waals surface area contributed by atoms with Gasteiger partial charge in [-0.2, -0.15) is 0 Å². The van der Waals surface area contributed by atoms with E-state index in [1.807, 2.05) is 73.0 Å². The number of imide groups is 1. The number of alkyl carbamates (subject to hydrolysis) is 1. The number of para-hydroxylation sites is 1. The summed E-state index contributed by atoms with van der Waals surface area (Å²) in [6.07, 6.45) is -0.780. The van der Waals surface area contributed by atoms with Crippen molar-refractivity contribution in [1.29, 1.82) is 0 Å². The highest BCUT2D eigenvalue weighted by Gasteiger charge is 2.15. The number of aryl methyl sites for hydroxylation is 1. The summed E-state index contributed by atoms with van der Waals surface area (Å²) in [5, 5.41) is 14.1. The van der Waals surface area contributed by atoms with Crippen molar-refractivity contribution in [1.82, 2.24) is 5.32 Å². The number of ether oxygens (including phenoxy) is 1. The Labute approximate surface area is 189 Å². The number of thiophene rings is 1. The van der Waals surface area contributed by atoms with E-state index in [0.717, 1.165) is 33.4 Å². The van der Waals surface area contributed by atoms with Gasteiger partial charge in [0.05, 0.1) is 4.88 Å². The van der Waals surface area contributed by atoms with Crippen molar-refractivity contribution in [3.8, 4) is 28.0 Å². The van der Waals surface area contributed by atoms with E-state index in [-0.39, 0.29) is 12.4 Å². The SMILES string of the molecule is Cc1ccc(COC(=O)NC(=O)c2cc(-c3ccc(-c4ccccc4O)cc3)cs2)cc1. The lowest BCUT2D eigenvalue weighted by molar-refractivity contribution is 0.0916. The molecule has 1 aromatic heterocycles. The highest BCUT2D eigenvalue weighted by atomic mass is 32.1. The van der Waals surface area contributed by atoms with E-state index in [9.17, 15) is 14.7 Å². The van der Waals surface area contributed by atoms with Gasteiger partial charge in [0.25, 0.3) is 5.91 Å². The summed E-state index contributed by atoms with van der Waals surface area (Å²) in [6.45, 7) is 2.08. The number of aromatic hydroxyl groups is 1. The molecule has 4 rings (SSSR count). The average Bonchev–Trinajstić information content (AvgIpc) is 3.30. The molecule has 2 amide bonds. The van der Waals surface area contributed by atoms with E-state index in [1.165, 1.54) is 11.3 Å². The predicted molar refractivity (Wildman–Crippen MR) is 126 cm³/mol. The molecule has 3 aromatic carbocycles. The largest absolute Gasteiger partial charge is 0.507 e. The van der Waals surface area contributed by atoms with Crippen molar-refractivity contribution < 1.29 is 19.4 Å². The van der Waals surface area contributed by atoms with Gasteiger partial charge in [0.15, 0.2) is 0 Å². The molecule has 5 nitrogen and oxygen atoms in total. The van der Waals surface area contributed by atoms with E-state index in [4.69, 9.17) is 4.74 Å². The number of phenols is 1. The first-order valence-electron chi connectivity index (χ1n) is 10.0. The molecule has 0 atom stereocenters. The maximum absolute atomic E-state index is 12.4. The number of carbonyl (C=O) groups is 2. The second-order valence-electron chi connectivity index (χ2n) is 7.31. The van der Waals surface area contributed by atoms with Gasteiger partial charge in [0.2, 0.25) is 0 Å². The van der Waals surface area contributed by atoms with E-state index < -0.39 is 12.0 Å². The van der Waals surface area contributed by atoms with Crippen molar-refractivity contribution in [3.63, 3.8) is 0 Å². The molecule has 0 spiro atoms. The van der Waals surface area contributed by atoms with Crippen LogP contribution in [0.5, 0.6) is 5.75 Å². The third-order valence-electron chi connectivity index (χ3n) is 4.96. The zero-order valence-corrected chi connectivity index (χ0v) is 18.2. The molecule has 0 aliphatic rings. The molecular weight excluding hydrogens is 422 g/mol. The maximum atomic E-state index is 12.4. The van der Waals surface area contributed by atoms with Crippen molar-refractivity contribution in [2.24, 2.45) is 0 Å². The smallest absolute Gasteiger partial charge is 0.414 e. The van der Waals surface area contributed by atoms with Crippen LogP contribution in [0.1, 0.15) is 20.8 Å². The number of benzene rings is 3. The topological polar surface area (TPSA) is 75.6 Å². The molecule has 6 heteroatoms. The van der Waals surface area contributed by atoms with Crippen LogP contribution in [0.2, 0.25) is 0 Å². The summed E-state index contributed by atoms with van der Waals surface area (Å²) in [5.74, 6) is -0.273.